The molecule has 0 saturated carbocycles. The highest BCUT2D eigenvalue weighted by Gasteiger charge is 2.29. The number of thiazole rings is 1. The molecule has 0 N–H and O–H groups in total. The van der Waals surface area contributed by atoms with Crippen LogP contribution in [-0.4, -0.2) is 11.6 Å². The third kappa shape index (κ3) is 3.29. The van der Waals surface area contributed by atoms with Crippen LogP contribution in [0.5, 0.6) is 0 Å². The minimum atomic E-state index is 0.00921. The Morgan fingerprint density at radius 3 is 2.75 bits per heavy atom. The number of ether oxygens (including phenoxy) is 1. The van der Waals surface area contributed by atoms with Crippen molar-refractivity contribution in [3.8, 4) is 6.07 Å². The minimum Gasteiger partial charge on any atom is -0.371 e. The first-order valence-corrected chi connectivity index (χ1v) is 6.29. The van der Waals surface area contributed by atoms with Gasteiger partial charge in [0.25, 0.3) is 0 Å². The third-order valence-electron chi connectivity index (χ3n) is 2.17. The Hall–Kier alpha value is -0.920. The molecule has 1 unspecified atom stereocenters. The van der Waals surface area contributed by atoms with Crippen molar-refractivity contribution < 1.29 is 4.74 Å². The van der Waals surface area contributed by atoms with Crippen LogP contribution in [0.3, 0.4) is 0 Å². The highest BCUT2D eigenvalue weighted by atomic mass is 32.1. The van der Waals surface area contributed by atoms with E-state index in [1.54, 1.807) is 11.3 Å². The van der Waals surface area contributed by atoms with E-state index < -0.39 is 0 Å². The predicted molar refractivity (Wildman–Crippen MR) is 65.3 cm³/mol. The lowest BCUT2D eigenvalue weighted by molar-refractivity contribution is -0.0134. The normalized spacial score (nSPS) is 13.4. The summed E-state index contributed by atoms with van der Waals surface area (Å²) in [6.45, 7) is 9.08. The average Bonchev–Trinajstić information content (AvgIpc) is 2.61. The lowest BCUT2D eigenvalue weighted by Gasteiger charge is -2.28. The van der Waals surface area contributed by atoms with Gasteiger partial charge in [0, 0.05) is 12.0 Å². The molecule has 0 radical (unpaired) electrons. The van der Waals surface area contributed by atoms with E-state index in [0.717, 1.165) is 10.7 Å². The third-order valence-corrected chi connectivity index (χ3v) is 3.11. The molecule has 1 atom stereocenters. The van der Waals surface area contributed by atoms with Gasteiger partial charge in [-0.3, -0.25) is 0 Å². The van der Waals surface area contributed by atoms with Gasteiger partial charge in [-0.1, -0.05) is 20.8 Å². The molecule has 1 aromatic rings. The fourth-order valence-corrected chi connectivity index (χ4v) is 2.57. The Balaban J connectivity index is 2.89. The van der Waals surface area contributed by atoms with Crippen molar-refractivity contribution in [2.24, 2.45) is 5.41 Å². The van der Waals surface area contributed by atoms with Crippen molar-refractivity contribution in [3.05, 3.63) is 16.1 Å². The van der Waals surface area contributed by atoms with Crippen LogP contribution in [0.15, 0.2) is 5.38 Å². The van der Waals surface area contributed by atoms with Gasteiger partial charge in [-0.2, -0.15) is 5.26 Å². The van der Waals surface area contributed by atoms with Gasteiger partial charge in [-0.25, -0.2) is 4.98 Å². The molecular formula is C12H18N2OS. The van der Waals surface area contributed by atoms with Gasteiger partial charge in [0.05, 0.1) is 18.2 Å². The molecule has 0 spiro atoms. The zero-order chi connectivity index (χ0) is 12.2. The molecule has 0 aromatic carbocycles. The first-order chi connectivity index (χ1) is 7.49. The number of hydrogen-bond donors (Lipinski definition) is 0. The summed E-state index contributed by atoms with van der Waals surface area (Å²) >= 11 is 1.58. The van der Waals surface area contributed by atoms with E-state index in [-0.39, 0.29) is 11.5 Å². The van der Waals surface area contributed by atoms with Gasteiger partial charge in [0.2, 0.25) is 0 Å². The molecule has 3 nitrogen and oxygen atoms in total. The molecule has 0 aliphatic rings. The highest BCUT2D eigenvalue weighted by molar-refractivity contribution is 7.09. The van der Waals surface area contributed by atoms with Crippen molar-refractivity contribution in [3.63, 3.8) is 0 Å². The van der Waals surface area contributed by atoms with Crippen LogP contribution >= 0.6 is 11.3 Å². The summed E-state index contributed by atoms with van der Waals surface area (Å²) in [4.78, 5) is 4.46. The summed E-state index contributed by atoms with van der Waals surface area (Å²) in [5.41, 5.74) is 0.870. The smallest absolute Gasteiger partial charge is 0.122 e. The van der Waals surface area contributed by atoms with Gasteiger partial charge in [-0.15, -0.1) is 11.3 Å². The lowest BCUT2D eigenvalue weighted by Crippen LogP contribution is -2.21. The van der Waals surface area contributed by atoms with Crippen molar-refractivity contribution in [2.45, 2.75) is 40.2 Å². The van der Waals surface area contributed by atoms with Gasteiger partial charge in [0.15, 0.2) is 0 Å². The maximum Gasteiger partial charge on any atom is 0.122 e. The molecule has 88 valence electrons. The minimum absolute atomic E-state index is 0.00921. The monoisotopic (exact) mass is 238 g/mol. The number of nitrogens with zero attached hydrogens (tertiary/aromatic N) is 2. The van der Waals surface area contributed by atoms with E-state index in [4.69, 9.17) is 10.00 Å². The van der Waals surface area contributed by atoms with E-state index in [1.807, 2.05) is 12.3 Å². The molecule has 16 heavy (non-hydrogen) atoms. The van der Waals surface area contributed by atoms with Gasteiger partial charge >= 0.3 is 0 Å². The van der Waals surface area contributed by atoms with Crippen LogP contribution in [0.25, 0.3) is 0 Å². The second-order valence-corrected chi connectivity index (χ2v) is 5.60. The molecule has 0 saturated heterocycles. The summed E-state index contributed by atoms with van der Waals surface area (Å²) in [5.74, 6) is 0. The Morgan fingerprint density at radius 1 is 1.56 bits per heavy atom. The van der Waals surface area contributed by atoms with E-state index in [0.29, 0.717) is 13.0 Å². The van der Waals surface area contributed by atoms with Crippen molar-refractivity contribution in [1.29, 1.82) is 5.26 Å². The van der Waals surface area contributed by atoms with Gasteiger partial charge < -0.3 is 4.74 Å². The first-order valence-electron chi connectivity index (χ1n) is 5.42. The maximum atomic E-state index is 8.61. The van der Waals surface area contributed by atoms with E-state index >= 15 is 0 Å². The Kier molecular flexibility index (Phi) is 4.45. The van der Waals surface area contributed by atoms with Crippen molar-refractivity contribution >= 4 is 11.3 Å². The van der Waals surface area contributed by atoms with Crippen molar-refractivity contribution in [1.82, 2.24) is 4.98 Å². The molecular weight excluding hydrogens is 220 g/mol. The quantitative estimate of drug-likeness (QED) is 0.808. The summed E-state index contributed by atoms with van der Waals surface area (Å²) in [5, 5.41) is 11.5. The molecule has 0 bridgehead atoms. The number of nitriles is 1. The second-order valence-electron chi connectivity index (χ2n) is 4.71. The van der Waals surface area contributed by atoms with E-state index in [2.05, 4.69) is 31.8 Å². The fourth-order valence-electron chi connectivity index (χ4n) is 1.46. The lowest BCUT2D eigenvalue weighted by atomic mass is 9.89. The van der Waals surface area contributed by atoms with Gasteiger partial charge in [0.1, 0.15) is 11.1 Å². The topological polar surface area (TPSA) is 45.9 Å². The van der Waals surface area contributed by atoms with Crippen LogP contribution in [0.2, 0.25) is 0 Å². The van der Waals surface area contributed by atoms with Gasteiger partial charge in [-0.05, 0) is 12.3 Å². The number of hydrogen-bond acceptors (Lipinski definition) is 4. The maximum absolute atomic E-state index is 8.61. The number of aromatic nitrogens is 1. The number of rotatable bonds is 4. The van der Waals surface area contributed by atoms with E-state index in [1.165, 1.54) is 0 Å². The Labute approximate surface area is 101 Å². The molecule has 4 heteroatoms. The summed E-state index contributed by atoms with van der Waals surface area (Å²) in [6, 6.07) is 2.11. The second kappa shape index (κ2) is 5.42. The molecule has 0 aliphatic heterocycles. The molecule has 0 amide bonds. The van der Waals surface area contributed by atoms with E-state index in [9.17, 15) is 0 Å². The highest BCUT2D eigenvalue weighted by Crippen LogP contribution is 2.37. The van der Waals surface area contributed by atoms with Crippen LogP contribution in [0, 0.1) is 16.7 Å². The largest absolute Gasteiger partial charge is 0.371 e. The molecule has 1 aromatic heterocycles. The Bertz CT molecular complexity index is 373. The zero-order valence-electron chi connectivity index (χ0n) is 10.3. The predicted octanol–water partition coefficient (Wildman–Crippen LogP) is 3.33. The molecule has 0 fully saturated rings. The summed E-state index contributed by atoms with van der Waals surface area (Å²) < 4.78 is 5.75. The molecule has 1 heterocycles. The standard InChI is InChI=1S/C12H18N2OS/c1-5-15-10(12(2,3)4)11-14-9(6-7-13)8-16-11/h8,10H,5-6H2,1-4H3. The first kappa shape index (κ1) is 13.1. The molecule has 1 rings (SSSR count). The molecule has 0 aliphatic carbocycles. The summed E-state index contributed by atoms with van der Waals surface area (Å²) in [6.07, 6.45) is 0.384. The summed E-state index contributed by atoms with van der Waals surface area (Å²) in [7, 11) is 0. The SMILES string of the molecule is CCOC(c1nc(CC#N)cs1)C(C)(C)C. The van der Waals surface area contributed by atoms with Crippen LogP contribution in [0.4, 0.5) is 0 Å². The Morgan fingerprint density at radius 2 is 2.25 bits per heavy atom. The van der Waals surface area contributed by atoms with Crippen LogP contribution < -0.4 is 0 Å². The van der Waals surface area contributed by atoms with Crippen molar-refractivity contribution in [2.75, 3.05) is 6.61 Å². The van der Waals surface area contributed by atoms with Crippen LogP contribution in [0.1, 0.15) is 44.5 Å². The van der Waals surface area contributed by atoms with Crippen LogP contribution in [-0.2, 0) is 11.2 Å². The average molecular weight is 238 g/mol. The fraction of sp³-hybridized carbons (Fsp3) is 0.667. The zero-order valence-corrected chi connectivity index (χ0v) is 11.1.